The van der Waals surface area contributed by atoms with Gasteiger partial charge in [-0.05, 0) is 41.8 Å². The first-order chi connectivity index (χ1) is 8.97. The minimum atomic E-state index is -0.552. The van der Waals surface area contributed by atoms with Crippen molar-refractivity contribution in [3.63, 3.8) is 0 Å². The molecule has 0 bridgehead atoms. The molecule has 0 aliphatic rings. The van der Waals surface area contributed by atoms with Gasteiger partial charge in [0.2, 0.25) is 0 Å². The van der Waals surface area contributed by atoms with Crippen LogP contribution >= 0.6 is 39.1 Å². The van der Waals surface area contributed by atoms with E-state index in [9.17, 15) is 5.11 Å². The number of hydrogen-bond donors (Lipinski definition) is 1. The maximum Gasteiger partial charge on any atom is 0.0830 e. The van der Waals surface area contributed by atoms with Crippen LogP contribution in [0.2, 0.25) is 10.0 Å². The van der Waals surface area contributed by atoms with Crippen molar-refractivity contribution in [2.75, 3.05) is 0 Å². The molecular formula is C15H13BrCl2O. The van der Waals surface area contributed by atoms with Crippen molar-refractivity contribution in [2.45, 2.75) is 19.4 Å². The van der Waals surface area contributed by atoms with Crippen molar-refractivity contribution in [3.05, 3.63) is 67.6 Å². The van der Waals surface area contributed by atoms with Crippen LogP contribution < -0.4 is 0 Å². The van der Waals surface area contributed by atoms with Gasteiger partial charge < -0.3 is 5.11 Å². The maximum absolute atomic E-state index is 10.3. The van der Waals surface area contributed by atoms with Crippen LogP contribution in [0.25, 0.3) is 0 Å². The van der Waals surface area contributed by atoms with Crippen molar-refractivity contribution in [1.82, 2.24) is 0 Å². The fraction of sp³-hybridized carbons (Fsp3) is 0.200. The van der Waals surface area contributed by atoms with E-state index in [2.05, 4.69) is 15.9 Å². The summed E-state index contributed by atoms with van der Waals surface area (Å²) in [5.74, 6) is 0. The van der Waals surface area contributed by atoms with Gasteiger partial charge in [-0.1, -0.05) is 57.3 Å². The Balaban J connectivity index is 2.17. The summed E-state index contributed by atoms with van der Waals surface area (Å²) in [5.41, 5.74) is 2.96. The number of hydrogen-bond acceptors (Lipinski definition) is 1. The smallest absolute Gasteiger partial charge is 0.0830 e. The molecule has 0 fully saturated rings. The Kier molecular flexibility index (Phi) is 4.91. The Morgan fingerprint density at radius 2 is 1.84 bits per heavy atom. The molecule has 1 N–H and O–H groups in total. The lowest BCUT2D eigenvalue weighted by Crippen LogP contribution is -2.02. The van der Waals surface area contributed by atoms with Crippen LogP contribution in [0.1, 0.15) is 22.8 Å². The molecular weight excluding hydrogens is 347 g/mol. The van der Waals surface area contributed by atoms with E-state index in [0.717, 1.165) is 21.2 Å². The van der Waals surface area contributed by atoms with E-state index < -0.39 is 6.10 Å². The summed E-state index contributed by atoms with van der Waals surface area (Å²) in [5, 5.41) is 11.3. The highest BCUT2D eigenvalue weighted by Gasteiger charge is 2.10. The summed E-state index contributed by atoms with van der Waals surface area (Å²) in [6, 6.07) is 11.3. The molecule has 1 atom stereocenters. The molecule has 0 radical (unpaired) electrons. The quantitative estimate of drug-likeness (QED) is 0.784. The molecule has 0 aliphatic heterocycles. The lowest BCUT2D eigenvalue weighted by molar-refractivity contribution is 0.178. The Morgan fingerprint density at radius 1 is 1.11 bits per heavy atom. The summed E-state index contributed by atoms with van der Waals surface area (Å²) in [7, 11) is 0. The molecule has 0 amide bonds. The Hall–Kier alpha value is -0.540. The summed E-state index contributed by atoms with van der Waals surface area (Å²) < 4.78 is 1.04. The first kappa shape index (κ1) is 14.9. The van der Waals surface area contributed by atoms with E-state index in [1.165, 1.54) is 0 Å². The number of aryl methyl sites for hydroxylation is 1. The predicted molar refractivity (Wildman–Crippen MR) is 84.0 cm³/mol. The first-order valence-electron chi connectivity index (χ1n) is 5.85. The van der Waals surface area contributed by atoms with Gasteiger partial charge in [0.05, 0.1) is 16.1 Å². The molecule has 0 aliphatic carbocycles. The zero-order chi connectivity index (χ0) is 14.0. The highest BCUT2D eigenvalue weighted by Crippen LogP contribution is 2.27. The largest absolute Gasteiger partial charge is 0.388 e. The van der Waals surface area contributed by atoms with Crippen LogP contribution in [-0.2, 0) is 6.42 Å². The number of aliphatic hydroxyl groups excluding tert-OH is 1. The lowest BCUT2D eigenvalue weighted by Gasteiger charge is -2.13. The predicted octanol–water partition coefficient (Wildman–Crippen LogP) is 5.34. The van der Waals surface area contributed by atoms with Gasteiger partial charge in [0.1, 0.15) is 0 Å². The molecule has 1 nitrogen and oxygen atoms in total. The standard InChI is InChI=1S/C15H13BrCl2O/c1-9-6-11(3-4-12(9)16)15(19)8-10-2-5-13(17)14(18)7-10/h2-7,15,19H,8H2,1H3. The Morgan fingerprint density at radius 3 is 2.47 bits per heavy atom. The SMILES string of the molecule is Cc1cc(C(O)Cc2ccc(Cl)c(Cl)c2)ccc1Br. The van der Waals surface area contributed by atoms with Crippen LogP contribution in [0.5, 0.6) is 0 Å². The van der Waals surface area contributed by atoms with Gasteiger partial charge in [-0.25, -0.2) is 0 Å². The minimum absolute atomic E-state index is 0.512. The summed E-state index contributed by atoms with van der Waals surface area (Å²) in [6.07, 6.45) is -0.0399. The normalized spacial score (nSPS) is 12.5. The molecule has 0 saturated heterocycles. The summed E-state index contributed by atoms with van der Waals surface area (Å²) in [4.78, 5) is 0. The molecule has 4 heteroatoms. The lowest BCUT2D eigenvalue weighted by atomic mass is 10.0. The second-order valence-electron chi connectivity index (χ2n) is 4.48. The van der Waals surface area contributed by atoms with E-state index in [1.54, 1.807) is 12.1 Å². The molecule has 1 unspecified atom stereocenters. The van der Waals surface area contributed by atoms with Crippen molar-refractivity contribution >= 4 is 39.1 Å². The fourth-order valence-corrected chi connectivity index (χ4v) is 2.45. The van der Waals surface area contributed by atoms with Crippen molar-refractivity contribution < 1.29 is 5.11 Å². The highest BCUT2D eigenvalue weighted by molar-refractivity contribution is 9.10. The summed E-state index contributed by atoms with van der Waals surface area (Å²) >= 11 is 15.3. The number of rotatable bonds is 3. The van der Waals surface area contributed by atoms with Crippen LogP contribution in [0, 0.1) is 6.92 Å². The van der Waals surface area contributed by atoms with E-state index in [-0.39, 0.29) is 0 Å². The second-order valence-corrected chi connectivity index (χ2v) is 6.15. The zero-order valence-corrected chi connectivity index (χ0v) is 13.4. The fourth-order valence-electron chi connectivity index (χ4n) is 1.88. The average Bonchev–Trinajstić information content (AvgIpc) is 2.37. The topological polar surface area (TPSA) is 20.2 Å². The van der Waals surface area contributed by atoms with Gasteiger partial charge in [-0.15, -0.1) is 0 Å². The number of halogens is 3. The zero-order valence-electron chi connectivity index (χ0n) is 10.3. The van der Waals surface area contributed by atoms with Crippen LogP contribution in [0.15, 0.2) is 40.9 Å². The molecule has 0 heterocycles. The molecule has 2 rings (SSSR count). The van der Waals surface area contributed by atoms with Crippen LogP contribution in [-0.4, -0.2) is 5.11 Å². The molecule has 2 aromatic rings. The Labute approximate surface area is 131 Å². The van der Waals surface area contributed by atoms with E-state index in [4.69, 9.17) is 23.2 Å². The number of benzene rings is 2. The van der Waals surface area contributed by atoms with Gasteiger partial charge in [0.25, 0.3) is 0 Å². The number of aliphatic hydroxyl groups is 1. The molecule has 19 heavy (non-hydrogen) atoms. The van der Waals surface area contributed by atoms with Crippen molar-refractivity contribution in [1.29, 1.82) is 0 Å². The highest BCUT2D eigenvalue weighted by atomic mass is 79.9. The van der Waals surface area contributed by atoms with Crippen molar-refractivity contribution in [3.8, 4) is 0 Å². The maximum atomic E-state index is 10.3. The van der Waals surface area contributed by atoms with Gasteiger partial charge in [0.15, 0.2) is 0 Å². The van der Waals surface area contributed by atoms with Gasteiger partial charge in [-0.3, -0.25) is 0 Å². The third kappa shape index (κ3) is 3.73. The molecule has 2 aromatic carbocycles. The van der Waals surface area contributed by atoms with E-state index in [1.807, 2.05) is 31.2 Å². The van der Waals surface area contributed by atoms with Gasteiger partial charge in [-0.2, -0.15) is 0 Å². The minimum Gasteiger partial charge on any atom is -0.388 e. The average molecular weight is 360 g/mol. The van der Waals surface area contributed by atoms with Crippen LogP contribution in [0.3, 0.4) is 0 Å². The van der Waals surface area contributed by atoms with Gasteiger partial charge in [0, 0.05) is 10.9 Å². The molecule has 100 valence electrons. The molecule has 0 spiro atoms. The third-order valence-corrected chi connectivity index (χ3v) is 4.61. The first-order valence-corrected chi connectivity index (χ1v) is 7.40. The van der Waals surface area contributed by atoms with Gasteiger partial charge >= 0.3 is 0 Å². The molecule has 0 aromatic heterocycles. The van der Waals surface area contributed by atoms with Crippen molar-refractivity contribution in [2.24, 2.45) is 0 Å². The second kappa shape index (κ2) is 6.27. The third-order valence-electron chi connectivity index (χ3n) is 2.98. The van der Waals surface area contributed by atoms with E-state index in [0.29, 0.717) is 16.5 Å². The molecule has 0 saturated carbocycles. The van der Waals surface area contributed by atoms with E-state index >= 15 is 0 Å². The monoisotopic (exact) mass is 358 g/mol. The van der Waals surface area contributed by atoms with Crippen LogP contribution in [0.4, 0.5) is 0 Å². The summed E-state index contributed by atoms with van der Waals surface area (Å²) in [6.45, 7) is 2.00. The Bertz CT molecular complexity index is 599.